The Balaban J connectivity index is 1.71. The third kappa shape index (κ3) is 7.14. The number of ether oxygens (including phenoxy) is 1. The first-order valence-corrected chi connectivity index (χ1v) is 13.0. The monoisotopic (exact) mass is 515 g/mol. The van der Waals surface area contributed by atoms with Crippen LogP contribution in [0.15, 0.2) is 24.3 Å². The summed E-state index contributed by atoms with van der Waals surface area (Å²) in [5, 5.41) is 2.80. The van der Waals surface area contributed by atoms with Crippen LogP contribution in [0.1, 0.15) is 53.0 Å². The minimum atomic E-state index is -0.937. The minimum absolute atomic E-state index is 0.0681. The highest BCUT2D eigenvalue weighted by Gasteiger charge is 2.43. The first-order valence-electron chi connectivity index (χ1n) is 13.0. The fraction of sp³-hybridized carbons (Fsp3) is 0.630. The maximum Gasteiger partial charge on any atom is 0.411 e. The van der Waals surface area contributed by atoms with Gasteiger partial charge in [-0.1, -0.05) is 19.1 Å². The van der Waals surface area contributed by atoms with Crippen molar-refractivity contribution in [3.63, 3.8) is 0 Å². The maximum absolute atomic E-state index is 13.4. The smallest absolute Gasteiger partial charge is 0.411 e. The Bertz CT molecular complexity index is 1010. The summed E-state index contributed by atoms with van der Waals surface area (Å²) in [7, 11) is 1.79. The van der Waals surface area contributed by atoms with Crippen molar-refractivity contribution < 1.29 is 23.9 Å². The third-order valence-corrected chi connectivity index (χ3v) is 7.08. The van der Waals surface area contributed by atoms with Crippen molar-refractivity contribution in [1.29, 1.82) is 0 Å². The number of carbonyl (C=O) groups is 4. The van der Waals surface area contributed by atoms with E-state index in [2.05, 4.69) is 5.32 Å². The summed E-state index contributed by atoms with van der Waals surface area (Å²) < 4.78 is 5.59. The van der Waals surface area contributed by atoms with Gasteiger partial charge in [-0.25, -0.2) is 4.79 Å². The van der Waals surface area contributed by atoms with Crippen molar-refractivity contribution in [2.24, 2.45) is 11.7 Å². The lowest BCUT2D eigenvalue weighted by molar-refractivity contribution is -0.134. The number of likely N-dealkylation sites (tertiary alicyclic amines) is 1. The predicted molar refractivity (Wildman–Crippen MR) is 141 cm³/mol. The van der Waals surface area contributed by atoms with Crippen LogP contribution >= 0.6 is 0 Å². The molecule has 2 aliphatic heterocycles. The van der Waals surface area contributed by atoms with Crippen LogP contribution in [-0.4, -0.2) is 84.0 Å². The average molecular weight is 516 g/mol. The normalized spacial score (nSPS) is 23.5. The summed E-state index contributed by atoms with van der Waals surface area (Å²) in [6.07, 6.45) is 1.21. The van der Waals surface area contributed by atoms with Crippen LogP contribution in [0.4, 0.5) is 10.5 Å². The average Bonchev–Trinajstić information content (AvgIpc) is 2.80. The Morgan fingerprint density at radius 1 is 1.11 bits per heavy atom. The van der Waals surface area contributed by atoms with E-state index in [1.165, 1.54) is 4.90 Å². The molecule has 4 amide bonds. The summed E-state index contributed by atoms with van der Waals surface area (Å²) in [6, 6.07) is 5.68. The number of primary amides is 1. The summed E-state index contributed by atoms with van der Waals surface area (Å²) in [5.74, 6) is -1.11. The van der Waals surface area contributed by atoms with E-state index in [1.54, 1.807) is 32.7 Å². The van der Waals surface area contributed by atoms with Crippen LogP contribution in [0.5, 0.6) is 0 Å². The zero-order chi connectivity index (χ0) is 27.5. The van der Waals surface area contributed by atoms with E-state index in [4.69, 9.17) is 10.5 Å². The van der Waals surface area contributed by atoms with Gasteiger partial charge in [-0.05, 0) is 64.2 Å². The zero-order valence-electron chi connectivity index (χ0n) is 22.8. The van der Waals surface area contributed by atoms with E-state index in [0.717, 1.165) is 30.6 Å². The molecule has 0 aliphatic carbocycles. The fourth-order valence-corrected chi connectivity index (χ4v) is 4.88. The molecule has 2 aliphatic rings. The lowest BCUT2D eigenvalue weighted by atomic mass is 9.86. The molecular weight excluding hydrogens is 474 g/mol. The van der Waals surface area contributed by atoms with E-state index < -0.39 is 35.6 Å². The van der Waals surface area contributed by atoms with Gasteiger partial charge in [0.25, 0.3) is 0 Å². The topological polar surface area (TPSA) is 125 Å². The standard InChI is InChI=1S/C27H41N5O5/c1-17-7-8-18(2)32(26(36)37-27(3,4)5)23(17)25(35)29-21(24(28)34)15-19-9-11-20(12-10-19)31-14-13-30(6)22(33)16-31/h9-12,17-18,21,23H,7-8,13-16H2,1-6H3,(H2,28,34)(H,29,35)/t17-,18+,21+,23+/m1/s1. The number of amides is 4. The van der Waals surface area contributed by atoms with Crippen LogP contribution in [0.25, 0.3) is 0 Å². The van der Waals surface area contributed by atoms with E-state index in [1.807, 2.05) is 43.0 Å². The molecule has 0 spiro atoms. The molecule has 1 aromatic rings. The molecule has 1 aromatic carbocycles. The van der Waals surface area contributed by atoms with Gasteiger partial charge in [-0.3, -0.25) is 19.3 Å². The van der Waals surface area contributed by atoms with Gasteiger partial charge in [0.1, 0.15) is 17.7 Å². The van der Waals surface area contributed by atoms with E-state index >= 15 is 0 Å². The Hall–Kier alpha value is -3.30. The van der Waals surface area contributed by atoms with Crippen molar-refractivity contribution in [3.8, 4) is 0 Å². The Labute approximate surface area is 219 Å². The quantitative estimate of drug-likeness (QED) is 0.596. The lowest BCUT2D eigenvalue weighted by Crippen LogP contribution is -2.61. The summed E-state index contributed by atoms with van der Waals surface area (Å²) in [6.45, 7) is 10.9. The SMILES string of the molecule is C[C@@H]1CC[C@H](C)N(C(=O)OC(C)(C)C)[C@@H]1C(=O)N[C@@H](Cc1ccc(N2CCN(C)C(=O)C2)cc1)C(N)=O. The number of nitrogens with zero attached hydrogens (tertiary/aromatic N) is 3. The molecule has 3 N–H and O–H groups in total. The molecule has 0 bridgehead atoms. The van der Waals surface area contributed by atoms with Crippen LogP contribution < -0.4 is 16.0 Å². The van der Waals surface area contributed by atoms with Gasteiger partial charge >= 0.3 is 6.09 Å². The number of hydrogen-bond donors (Lipinski definition) is 2. The minimum Gasteiger partial charge on any atom is -0.444 e. The molecule has 37 heavy (non-hydrogen) atoms. The van der Waals surface area contributed by atoms with Gasteiger partial charge in [-0.2, -0.15) is 0 Å². The molecule has 0 unspecified atom stereocenters. The molecule has 0 radical (unpaired) electrons. The highest BCUT2D eigenvalue weighted by Crippen LogP contribution is 2.30. The highest BCUT2D eigenvalue weighted by molar-refractivity contribution is 5.91. The molecule has 3 rings (SSSR count). The van der Waals surface area contributed by atoms with E-state index in [0.29, 0.717) is 13.1 Å². The number of nitrogens with two attached hydrogens (primary N) is 1. The van der Waals surface area contributed by atoms with E-state index in [-0.39, 0.29) is 24.3 Å². The molecule has 10 nitrogen and oxygen atoms in total. The van der Waals surface area contributed by atoms with Gasteiger partial charge < -0.3 is 25.6 Å². The zero-order valence-corrected chi connectivity index (χ0v) is 22.8. The van der Waals surface area contributed by atoms with Crippen molar-refractivity contribution in [3.05, 3.63) is 29.8 Å². The molecule has 10 heteroatoms. The number of likely N-dealkylation sites (N-methyl/N-ethyl adjacent to an activating group) is 1. The molecular formula is C27H41N5O5. The Morgan fingerprint density at radius 2 is 1.76 bits per heavy atom. The van der Waals surface area contributed by atoms with Crippen molar-refractivity contribution in [2.45, 2.75) is 77.6 Å². The number of piperazine rings is 1. The largest absolute Gasteiger partial charge is 0.444 e. The van der Waals surface area contributed by atoms with Crippen LogP contribution in [-0.2, 0) is 25.5 Å². The molecule has 2 fully saturated rings. The number of hydrogen-bond acceptors (Lipinski definition) is 6. The molecule has 204 valence electrons. The highest BCUT2D eigenvalue weighted by atomic mass is 16.6. The summed E-state index contributed by atoms with van der Waals surface area (Å²) in [5.41, 5.74) is 6.71. The van der Waals surface area contributed by atoms with Gasteiger partial charge in [0.05, 0.1) is 6.54 Å². The van der Waals surface area contributed by atoms with Gasteiger partial charge in [-0.15, -0.1) is 0 Å². The molecule has 0 aromatic heterocycles. The number of nitrogens with one attached hydrogen (secondary N) is 1. The van der Waals surface area contributed by atoms with Crippen molar-refractivity contribution in [2.75, 3.05) is 31.6 Å². The summed E-state index contributed by atoms with van der Waals surface area (Å²) in [4.78, 5) is 56.0. The molecule has 0 saturated carbocycles. The number of anilines is 1. The number of carbonyl (C=O) groups excluding carboxylic acids is 4. The maximum atomic E-state index is 13.4. The van der Waals surface area contributed by atoms with Crippen LogP contribution in [0.2, 0.25) is 0 Å². The van der Waals surface area contributed by atoms with Gasteiger partial charge in [0.2, 0.25) is 17.7 Å². The van der Waals surface area contributed by atoms with Gasteiger partial charge in [0.15, 0.2) is 0 Å². The molecule has 2 saturated heterocycles. The first kappa shape index (κ1) is 28.3. The molecule has 4 atom stereocenters. The number of rotatable bonds is 6. The lowest BCUT2D eigenvalue weighted by Gasteiger charge is -2.43. The van der Waals surface area contributed by atoms with Crippen LogP contribution in [0.3, 0.4) is 0 Å². The molecule has 2 heterocycles. The number of piperidine rings is 1. The first-order chi connectivity index (χ1) is 17.3. The predicted octanol–water partition coefficient (Wildman–Crippen LogP) is 1.90. The van der Waals surface area contributed by atoms with Crippen molar-refractivity contribution >= 4 is 29.5 Å². The Kier molecular flexibility index (Phi) is 8.71. The second-order valence-electron chi connectivity index (χ2n) is 11.3. The second kappa shape index (κ2) is 11.4. The summed E-state index contributed by atoms with van der Waals surface area (Å²) >= 11 is 0. The second-order valence-corrected chi connectivity index (χ2v) is 11.3. The van der Waals surface area contributed by atoms with E-state index in [9.17, 15) is 19.2 Å². The van der Waals surface area contributed by atoms with Crippen molar-refractivity contribution in [1.82, 2.24) is 15.1 Å². The van der Waals surface area contributed by atoms with Crippen LogP contribution in [0, 0.1) is 5.92 Å². The van der Waals surface area contributed by atoms with Gasteiger partial charge in [0, 0.05) is 38.3 Å². The fourth-order valence-electron chi connectivity index (χ4n) is 4.88. The third-order valence-electron chi connectivity index (χ3n) is 7.08. The number of benzene rings is 1. The Morgan fingerprint density at radius 3 is 2.32 bits per heavy atom.